The normalized spacial score (nSPS) is 15.9. The number of rotatable bonds is 5. The Morgan fingerprint density at radius 1 is 1.07 bits per heavy atom. The molecule has 2 amide bonds. The molecule has 1 aromatic heterocycles. The summed E-state index contributed by atoms with van der Waals surface area (Å²) in [5.41, 5.74) is 2.15. The number of benzene rings is 2. The van der Waals surface area contributed by atoms with Crippen molar-refractivity contribution in [1.82, 2.24) is 15.6 Å². The van der Waals surface area contributed by atoms with Crippen molar-refractivity contribution in [2.24, 2.45) is 5.92 Å². The van der Waals surface area contributed by atoms with Crippen molar-refractivity contribution in [1.29, 1.82) is 0 Å². The van der Waals surface area contributed by atoms with Gasteiger partial charge in [0.25, 0.3) is 0 Å². The van der Waals surface area contributed by atoms with E-state index in [1.54, 1.807) is 6.20 Å². The van der Waals surface area contributed by atoms with E-state index in [1.165, 1.54) is 10.8 Å². The van der Waals surface area contributed by atoms with Crippen LogP contribution in [0.3, 0.4) is 0 Å². The first-order chi connectivity index (χ1) is 13.8. The standard InChI is InChI=1S/C23H25N3O2/c27-23(25-16-19-7-3-6-17-5-1-2-9-21(17)19)26-22(18-10-13-28-14-11-18)20-8-4-12-24-15-20/h1-9,12,15,18,22H,10-11,13-14,16H2,(H2,25,26,27)/t22-/m0/s1. The molecule has 3 aromatic rings. The maximum absolute atomic E-state index is 12.7. The molecule has 144 valence electrons. The third-order valence-corrected chi connectivity index (χ3v) is 5.39. The van der Waals surface area contributed by atoms with Gasteiger partial charge in [-0.15, -0.1) is 0 Å². The van der Waals surface area contributed by atoms with Crippen molar-refractivity contribution in [2.75, 3.05) is 13.2 Å². The quantitative estimate of drug-likeness (QED) is 0.702. The minimum Gasteiger partial charge on any atom is -0.381 e. The lowest BCUT2D eigenvalue weighted by Crippen LogP contribution is -2.41. The monoisotopic (exact) mass is 375 g/mol. The molecule has 0 unspecified atom stereocenters. The molecule has 0 radical (unpaired) electrons. The van der Waals surface area contributed by atoms with Gasteiger partial charge in [-0.1, -0.05) is 48.5 Å². The molecule has 0 saturated carbocycles. The summed E-state index contributed by atoms with van der Waals surface area (Å²) in [4.78, 5) is 16.9. The van der Waals surface area contributed by atoms with Crippen LogP contribution in [0.1, 0.15) is 30.0 Å². The summed E-state index contributed by atoms with van der Waals surface area (Å²) in [6.45, 7) is 1.96. The zero-order valence-electron chi connectivity index (χ0n) is 15.8. The van der Waals surface area contributed by atoms with Gasteiger partial charge in [0.05, 0.1) is 6.04 Å². The third kappa shape index (κ3) is 4.31. The highest BCUT2D eigenvalue weighted by Crippen LogP contribution is 2.29. The molecule has 28 heavy (non-hydrogen) atoms. The van der Waals surface area contributed by atoms with Gasteiger partial charge < -0.3 is 15.4 Å². The first kappa shape index (κ1) is 18.4. The van der Waals surface area contributed by atoms with E-state index in [0.29, 0.717) is 12.5 Å². The maximum atomic E-state index is 12.7. The number of nitrogens with zero attached hydrogens (tertiary/aromatic N) is 1. The molecule has 2 heterocycles. The Balaban J connectivity index is 1.45. The molecule has 2 aromatic carbocycles. The largest absolute Gasteiger partial charge is 0.381 e. The molecule has 1 atom stereocenters. The number of carbonyl (C=O) groups is 1. The average Bonchev–Trinajstić information content (AvgIpc) is 2.77. The summed E-state index contributed by atoms with van der Waals surface area (Å²) in [5, 5.41) is 8.55. The maximum Gasteiger partial charge on any atom is 0.315 e. The lowest BCUT2D eigenvalue weighted by Gasteiger charge is -2.31. The number of aromatic nitrogens is 1. The number of ether oxygens (including phenoxy) is 1. The number of pyridine rings is 1. The molecule has 1 fully saturated rings. The van der Waals surface area contributed by atoms with Gasteiger partial charge in [0.2, 0.25) is 0 Å². The Morgan fingerprint density at radius 2 is 1.89 bits per heavy atom. The Hall–Kier alpha value is -2.92. The zero-order chi connectivity index (χ0) is 19.2. The van der Waals surface area contributed by atoms with Gasteiger partial charge in [-0.2, -0.15) is 0 Å². The molecule has 0 bridgehead atoms. The van der Waals surface area contributed by atoms with E-state index in [0.717, 1.165) is 37.2 Å². The molecular formula is C23H25N3O2. The fourth-order valence-electron chi connectivity index (χ4n) is 3.90. The minimum atomic E-state index is -0.159. The Bertz CT molecular complexity index is 918. The van der Waals surface area contributed by atoms with Crippen LogP contribution >= 0.6 is 0 Å². The van der Waals surface area contributed by atoms with E-state index >= 15 is 0 Å². The van der Waals surface area contributed by atoms with Gasteiger partial charge in [0.1, 0.15) is 0 Å². The molecule has 1 saturated heterocycles. The number of nitrogens with one attached hydrogen (secondary N) is 2. The first-order valence-electron chi connectivity index (χ1n) is 9.80. The van der Waals surface area contributed by atoms with Crippen molar-refractivity contribution in [3.63, 3.8) is 0 Å². The second kappa shape index (κ2) is 8.85. The minimum absolute atomic E-state index is 0.0647. The van der Waals surface area contributed by atoms with Gasteiger partial charge in [0, 0.05) is 32.2 Å². The number of hydrogen-bond acceptors (Lipinski definition) is 3. The van der Waals surface area contributed by atoms with Crippen molar-refractivity contribution < 1.29 is 9.53 Å². The van der Waals surface area contributed by atoms with E-state index < -0.39 is 0 Å². The molecule has 1 aliphatic heterocycles. The van der Waals surface area contributed by atoms with Crippen LogP contribution < -0.4 is 10.6 Å². The van der Waals surface area contributed by atoms with E-state index in [4.69, 9.17) is 4.74 Å². The topological polar surface area (TPSA) is 63.2 Å². The second-order valence-electron chi connectivity index (χ2n) is 7.18. The summed E-state index contributed by atoms with van der Waals surface area (Å²) in [7, 11) is 0. The Kier molecular flexibility index (Phi) is 5.83. The highest BCUT2D eigenvalue weighted by molar-refractivity contribution is 5.86. The number of fused-ring (bicyclic) bond motifs is 1. The van der Waals surface area contributed by atoms with E-state index in [9.17, 15) is 4.79 Å². The molecule has 5 nitrogen and oxygen atoms in total. The molecule has 4 rings (SSSR count). The Labute approximate surface area is 165 Å². The van der Waals surface area contributed by atoms with Crippen LogP contribution in [0.2, 0.25) is 0 Å². The fourth-order valence-corrected chi connectivity index (χ4v) is 3.90. The number of carbonyl (C=O) groups excluding carboxylic acids is 1. The van der Waals surface area contributed by atoms with Crippen molar-refractivity contribution >= 4 is 16.8 Å². The van der Waals surface area contributed by atoms with Crippen molar-refractivity contribution in [3.8, 4) is 0 Å². The summed E-state index contributed by atoms with van der Waals surface area (Å²) in [6.07, 6.45) is 5.46. The highest BCUT2D eigenvalue weighted by Gasteiger charge is 2.27. The summed E-state index contributed by atoms with van der Waals surface area (Å²) < 4.78 is 5.49. The SMILES string of the molecule is O=C(NCc1cccc2ccccc12)N[C@H](c1cccnc1)C1CCOCC1. The van der Waals surface area contributed by atoms with Crippen LogP contribution in [0.25, 0.3) is 10.8 Å². The second-order valence-corrected chi connectivity index (χ2v) is 7.18. The molecule has 5 heteroatoms. The van der Waals surface area contributed by atoms with Gasteiger partial charge in [-0.3, -0.25) is 4.98 Å². The zero-order valence-corrected chi connectivity index (χ0v) is 15.8. The lowest BCUT2D eigenvalue weighted by molar-refractivity contribution is 0.0547. The molecule has 1 aliphatic rings. The van der Waals surface area contributed by atoms with Crippen LogP contribution in [-0.2, 0) is 11.3 Å². The van der Waals surface area contributed by atoms with Crippen LogP contribution in [-0.4, -0.2) is 24.2 Å². The van der Waals surface area contributed by atoms with Crippen molar-refractivity contribution in [3.05, 3.63) is 78.1 Å². The van der Waals surface area contributed by atoms with E-state index in [2.05, 4.69) is 39.9 Å². The number of amides is 2. The van der Waals surface area contributed by atoms with Gasteiger partial charge >= 0.3 is 6.03 Å². The van der Waals surface area contributed by atoms with Gasteiger partial charge in [-0.25, -0.2) is 4.79 Å². The fraction of sp³-hybridized carbons (Fsp3) is 0.304. The van der Waals surface area contributed by atoms with Gasteiger partial charge in [0.15, 0.2) is 0 Å². The lowest BCUT2D eigenvalue weighted by atomic mass is 9.88. The van der Waals surface area contributed by atoms with Crippen LogP contribution in [0.5, 0.6) is 0 Å². The molecule has 0 spiro atoms. The smallest absolute Gasteiger partial charge is 0.315 e. The van der Waals surface area contributed by atoms with E-state index in [-0.39, 0.29) is 12.1 Å². The Morgan fingerprint density at radius 3 is 2.71 bits per heavy atom. The summed E-state index contributed by atoms with van der Waals surface area (Å²) >= 11 is 0. The number of urea groups is 1. The predicted molar refractivity (Wildman–Crippen MR) is 110 cm³/mol. The predicted octanol–water partition coefficient (Wildman–Crippen LogP) is 4.20. The first-order valence-corrected chi connectivity index (χ1v) is 9.80. The summed E-state index contributed by atoms with van der Waals surface area (Å²) in [5.74, 6) is 0.348. The molecular weight excluding hydrogens is 350 g/mol. The molecule has 0 aliphatic carbocycles. The third-order valence-electron chi connectivity index (χ3n) is 5.39. The number of hydrogen-bond donors (Lipinski definition) is 2. The van der Waals surface area contributed by atoms with Gasteiger partial charge in [-0.05, 0) is 46.7 Å². The molecule has 2 N–H and O–H groups in total. The van der Waals surface area contributed by atoms with E-state index in [1.807, 2.05) is 36.5 Å². The van der Waals surface area contributed by atoms with Crippen LogP contribution in [0.4, 0.5) is 4.79 Å². The highest BCUT2D eigenvalue weighted by atomic mass is 16.5. The van der Waals surface area contributed by atoms with Crippen LogP contribution in [0, 0.1) is 5.92 Å². The summed E-state index contributed by atoms with van der Waals surface area (Å²) in [6, 6.07) is 18.1. The average molecular weight is 375 g/mol. The van der Waals surface area contributed by atoms with Crippen LogP contribution in [0.15, 0.2) is 67.0 Å². The van der Waals surface area contributed by atoms with Crippen molar-refractivity contribution in [2.45, 2.75) is 25.4 Å².